The van der Waals surface area contributed by atoms with Gasteiger partial charge in [0.25, 0.3) is 0 Å². The summed E-state index contributed by atoms with van der Waals surface area (Å²) in [7, 11) is 0. The topological polar surface area (TPSA) is 46.4 Å². The van der Waals surface area contributed by atoms with E-state index in [0.29, 0.717) is 13.0 Å². The van der Waals surface area contributed by atoms with Crippen molar-refractivity contribution in [3.8, 4) is 0 Å². The molecule has 0 aliphatic heterocycles. The number of hydrogen-bond acceptors (Lipinski definition) is 3. The van der Waals surface area contributed by atoms with Gasteiger partial charge in [-0.15, -0.1) is 11.8 Å². The molecule has 0 bridgehead atoms. The Morgan fingerprint density at radius 1 is 1.17 bits per heavy atom. The van der Waals surface area contributed by atoms with Crippen molar-refractivity contribution in [2.45, 2.75) is 63.3 Å². The van der Waals surface area contributed by atoms with Gasteiger partial charge in [-0.2, -0.15) is 0 Å². The third-order valence-corrected chi connectivity index (χ3v) is 5.07. The van der Waals surface area contributed by atoms with Crippen molar-refractivity contribution in [1.29, 1.82) is 0 Å². The zero-order valence-electron chi connectivity index (χ0n) is 14.7. The van der Waals surface area contributed by atoms with Crippen molar-refractivity contribution in [3.63, 3.8) is 0 Å². The molecular formula is C19H29N3OS. The molecule has 0 aliphatic rings. The molecule has 5 heteroatoms. The van der Waals surface area contributed by atoms with Crippen molar-refractivity contribution in [1.82, 2.24) is 14.7 Å². The van der Waals surface area contributed by atoms with E-state index in [4.69, 9.17) is 0 Å². The average Bonchev–Trinajstić information content (AvgIpc) is 3.01. The van der Waals surface area contributed by atoms with E-state index in [0.717, 1.165) is 22.8 Å². The largest absolute Gasteiger partial charge is 0.355 e. The minimum absolute atomic E-state index is 0.183. The van der Waals surface area contributed by atoms with Gasteiger partial charge in [0.1, 0.15) is 5.65 Å². The average molecular weight is 348 g/mol. The number of aromatic nitrogens is 2. The fourth-order valence-electron chi connectivity index (χ4n) is 2.69. The number of carbonyl (C=O) groups is 1. The molecule has 4 nitrogen and oxygen atoms in total. The highest BCUT2D eigenvalue weighted by molar-refractivity contribution is 7.99. The number of carbonyl (C=O) groups excluding carboxylic acids is 1. The summed E-state index contributed by atoms with van der Waals surface area (Å²) in [5, 5.41) is 4.13. The fourth-order valence-corrected chi connectivity index (χ4v) is 3.53. The Morgan fingerprint density at radius 2 is 1.96 bits per heavy atom. The number of hydrogen-bond donors (Lipinski definition) is 1. The predicted molar refractivity (Wildman–Crippen MR) is 102 cm³/mol. The lowest BCUT2D eigenvalue weighted by Gasteiger charge is -2.05. The maximum absolute atomic E-state index is 11.8. The monoisotopic (exact) mass is 347 g/mol. The Bertz CT molecular complexity index is 611. The lowest BCUT2D eigenvalue weighted by Crippen LogP contribution is -2.25. The Balaban J connectivity index is 1.52. The molecule has 24 heavy (non-hydrogen) atoms. The van der Waals surface area contributed by atoms with E-state index < -0.39 is 0 Å². The van der Waals surface area contributed by atoms with Gasteiger partial charge in [0.15, 0.2) is 0 Å². The van der Waals surface area contributed by atoms with Crippen molar-refractivity contribution in [3.05, 3.63) is 30.6 Å². The van der Waals surface area contributed by atoms with Crippen LogP contribution < -0.4 is 5.32 Å². The second-order valence-electron chi connectivity index (χ2n) is 6.10. The van der Waals surface area contributed by atoms with Crippen LogP contribution in [0, 0.1) is 0 Å². The number of pyridine rings is 1. The van der Waals surface area contributed by atoms with Gasteiger partial charge in [-0.05, 0) is 18.6 Å². The first-order chi connectivity index (χ1) is 11.8. The number of unbranched alkanes of at least 4 members (excludes halogenated alkanes) is 6. The number of fused-ring (bicyclic) bond motifs is 1. The van der Waals surface area contributed by atoms with Crippen molar-refractivity contribution in [2.24, 2.45) is 0 Å². The summed E-state index contributed by atoms with van der Waals surface area (Å²) in [5.41, 5.74) is 0.961. The smallest absolute Gasteiger partial charge is 0.220 e. The molecule has 132 valence electrons. The molecule has 0 aliphatic carbocycles. The highest BCUT2D eigenvalue weighted by Gasteiger charge is 2.04. The normalized spacial score (nSPS) is 11.0. The summed E-state index contributed by atoms with van der Waals surface area (Å²) in [4.78, 5) is 16.2. The van der Waals surface area contributed by atoms with E-state index >= 15 is 0 Å². The van der Waals surface area contributed by atoms with Gasteiger partial charge in [-0.25, -0.2) is 4.98 Å². The first-order valence-corrected chi connectivity index (χ1v) is 10.1. The van der Waals surface area contributed by atoms with Gasteiger partial charge in [-0.3, -0.25) is 9.20 Å². The van der Waals surface area contributed by atoms with Crippen LogP contribution in [-0.2, 0) is 4.79 Å². The first-order valence-electron chi connectivity index (χ1n) is 9.13. The molecule has 0 unspecified atom stereocenters. The maximum Gasteiger partial charge on any atom is 0.220 e. The molecule has 2 aromatic rings. The van der Waals surface area contributed by atoms with Crippen LogP contribution in [0.25, 0.3) is 5.65 Å². The van der Waals surface area contributed by atoms with Crippen LogP contribution in [0.4, 0.5) is 0 Å². The number of nitrogens with zero attached hydrogens (tertiary/aromatic N) is 2. The van der Waals surface area contributed by atoms with E-state index in [1.165, 1.54) is 38.5 Å². The van der Waals surface area contributed by atoms with Crippen LogP contribution >= 0.6 is 11.8 Å². The van der Waals surface area contributed by atoms with E-state index in [1.807, 2.05) is 30.6 Å². The molecule has 2 rings (SSSR count). The highest BCUT2D eigenvalue weighted by atomic mass is 32.2. The minimum atomic E-state index is 0.183. The highest BCUT2D eigenvalue weighted by Crippen LogP contribution is 2.18. The molecular weight excluding hydrogens is 318 g/mol. The quantitative estimate of drug-likeness (QED) is 0.448. The lowest BCUT2D eigenvalue weighted by molar-refractivity contribution is -0.121. The Labute approximate surface area is 149 Å². The Kier molecular flexibility index (Phi) is 8.74. The third-order valence-electron chi connectivity index (χ3n) is 4.06. The van der Waals surface area contributed by atoms with E-state index in [9.17, 15) is 4.79 Å². The second-order valence-corrected chi connectivity index (χ2v) is 7.21. The summed E-state index contributed by atoms with van der Waals surface area (Å²) in [6.45, 7) is 2.94. The van der Waals surface area contributed by atoms with Gasteiger partial charge in [0, 0.05) is 24.9 Å². The Morgan fingerprint density at radius 3 is 2.79 bits per heavy atom. The number of rotatable bonds is 12. The van der Waals surface area contributed by atoms with Gasteiger partial charge in [0.2, 0.25) is 5.91 Å². The Hall–Kier alpha value is -1.49. The molecule has 0 saturated carbocycles. The van der Waals surface area contributed by atoms with Crippen LogP contribution in [0.1, 0.15) is 58.3 Å². The minimum Gasteiger partial charge on any atom is -0.355 e. The molecule has 0 aromatic carbocycles. The summed E-state index contributed by atoms with van der Waals surface area (Å²) in [6.07, 6.45) is 13.3. The third kappa shape index (κ3) is 6.56. The van der Waals surface area contributed by atoms with Crippen LogP contribution in [0.3, 0.4) is 0 Å². The summed E-state index contributed by atoms with van der Waals surface area (Å²) >= 11 is 1.72. The van der Waals surface area contributed by atoms with Crippen LogP contribution in [0.15, 0.2) is 35.6 Å². The van der Waals surface area contributed by atoms with Gasteiger partial charge < -0.3 is 5.32 Å². The molecule has 2 aromatic heterocycles. The molecule has 1 N–H and O–H groups in total. The van der Waals surface area contributed by atoms with Crippen LogP contribution in [0.2, 0.25) is 0 Å². The van der Waals surface area contributed by atoms with Gasteiger partial charge in [-0.1, -0.05) is 51.5 Å². The number of thioether (sulfide) groups is 1. The maximum atomic E-state index is 11.8. The summed E-state index contributed by atoms with van der Waals surface area (Å²) in [6, 6.07) is 5.98. The standard InChI is InChI=1S/C19H29N3OS/c1-2-3-4-5-6-7-8-12-18(23)20-13-15-24-19-16-21-17-11-9-10-14-22(17)19/h9-11,14,16H,2-8,12-13,15H2,1H3,(H,20,23). The number of amides is 1. The zero-order chi connectivity index (χ0) is 17.0. The predicted octanol–water partition coefficient (Wildman–Crippen LogP) is 4.68. The van der Waals surface area contributed by atoms with Crippen LogP contribution in [0.5, 0.6) is 0 Å². The molecule has 0 saturated heterocycles. The number of imidazole rings is 1. The second kappa shape index (κ2) is 11.1. The number of nitrogens with one attached hydrogen (secondary N) is 1. The fraction of sp³-hybridized carbons (Fsp3) is 0.579. The van der Waals surface area contributed by atoms with Crippen LogP contribution in [-0.4, -0.2) is 27.6 Å². The SMILES string of the molecule is CCCCCCCCCC(=O)NCCSc1cnc2ccccn12. The van der Waals surface area contributed by atoms with E-state index in [1.54, 1.807) is 11.8 Å². The molecule has 1 amide bonds. The van der Waals surface area contributed by atoms with E-state index in [-0.39, 0.29) is 5.91 Å². The molecule has 0 spiro atoms. The van der Waals surface area contributed by atoms with Gasteiger partial charge >= 0.3 is 0 Å². The molecule has 0 fully saturated rings. The molecule has 2 heterocycles. The molecule has 0 radical (unpaired) electrons. The summed E-state index contributed by atoms with van der Waals surface area (Å²) in [5.74, 6) is 1.05. The van der Waals surface area contributed by atoms with Crippen molar-refractivity contribution >= 4 is 23.3 Å². The van der Waals surface area contributed by atoms with Crippen molar-refractivity contribution < 1.29 is 4.79 Å². The van der Waals surface area contributed by atoms with E-state index in [2.05, 4.69) is 21.6 Å². The lowest BCUT2D eigenvalue weighted by atomic mass is 10.1. The molecule has 0 atom stereocenters. The van der Waals surface area contributed by atoms with Crippen molar-refractivity contribution in [2.75, 3.05) is 12.3 Å². The zero-order valence-corrected chi connectivity index (χ0v) is 15.5. The first kappa shape index (κ1) is 18.8. The summed E-state index contributed by atoms with van der Waals surface area (Å²) < 4.78 is 2.07. The van der Waals surface area contributed by atoms with Gasteiger partial charge in [0.05, 0.1) is 11.2 Å².